The molecule has 170 valence electrons. The third-order valence-corrected chi connectivity index (χ3v) is 4.83. The summed E-state index contributed by atoms with van der Waals surface area (Å²) in [4.78, 5) is 12.4. The molecule has 5 nitrogen and oxygen atoms in total. The summed E-state index contributed by atoms with van der Waals surface area (Å²) in [5, 5.41) is 4.48. The summed E-state index contributed by atoms with van der Waals surface area (Å²) in [6.45, 7) is 2.56. The van der Waals surface area contributed by atoms with Gasteiger partial charge in [0.2, 0.25) is 0 Å². The van der Waals surface area contributed by atoms with Gasteiger partial charge in [0.25, 0.3) is 5.91 Å². The molecule has 0 saturated heterocycles. The summed E-state index contributed by atoms with van der Waals surface area (Å²) in [6.07, 6.45) is -4.37. The Morgan fingerprint density at radius 2 is 1.62 bits per heavy atom. The molecule has 0 aromatic heterocycles. The zero-order valence-electron chi connectivity index (χ0n) is 17.5. The van der Waals surface area contributed by atoms with E-state index >= 15 is 0 Å². The van der Waals surface area contributed by atoms with Crippen molar-refractivity contribution < 1.29 is 27.4 Å². The van der Waals surface area contributed by atoms with Crippen LogP contribution < -0.4 is 11.1 Å². The Kier molecular flexibility index (Phi) is 8.21. The van der Waals surface area contributed by atoms with Gasteiger partial charge in [-0.15, -0.1) is 0 Å². The Hall–Kier alpha value is -2.94. The molecular weight excluding hydrogens is 421 g/mol. The van der Waals surface area contributed by atoms with Crippen LogP contribution >= 0.6 is 0 Å². The molecule has 0 unspecified atom stereocenters. The molecule has 32 heavy (non-hydrogen) atoms. The van der Waals surface area contributed by atoms with Gasteiger partial charge in [0.1, 0.15) is 0 Å². The second-order valence-electron chi connectivity index (χ2n) is 7.09. The largest absolute Gasteiger partial charge is 0.416 e. The summed E-state index contributed by atoms with van der Waals surface area (Å²) in [5.41, 5.74) is 6.60. The first-order chi connectivity index (χ1) is 15.4. The minimum atomic E-state index is -4.37. The van der Waals surface area contributed by atoms with E-state index in [1.807, 2.05) is 24.3 Å². The van der Waals surface area contributed by atoms with Gasteiger partial charge in [0, 0.05) is 18.7 Å². The molecule has 3 N–H and O–H groups in total. The molecule has 0 heterocycles. The van der Waals surface area contributed by atoms with Gasteiger partial charge in [-0.25, -0.2) is 0 Å². The fraction of sp³-hybridized carbons (Fsp3) is 0.292. The normalized spacial score (nSPS) is 11.6. The van der Waals surface area contributed by atoms with Crippen LogP contribution in [0.25, 0.3) is 21.9 Å². The van der Waals surface area contributed by atoms with Gasteiger partial charge in [0.05, 0.1) is 32.0 Å². The Morgan fingerprint density at radius 1 is 0.906 bits per heavy atom. The van der Waals surface area contributed by atoms with Gasteiger partial charge in [-0.05, 0) is 46.2 Å². The molecule has 0 atom stereocenters. The lowest BCUT2D eigenvalue weighted by molar-refractivity contribution is -0.137. The van der Waals surface area contributed by atoms with E-state index in [4.69, 9.17) is 15.2 Å². The number of carbonyl (C=O) groups excluding carboxylic acids is 1. The highest BCUT2D eigenvalue weighted by Crippen LogP contribution is 2.33. The fourth-order valence-electron chi connectivity index (χ4n) is 3.26. The van der Waals surface area contributed by atoms with Crippen LogP contribution in [0.15, 0.2) is 60.7 Å². The van der Waals surface area contributed by atoms with Crippen LogP contribution in [-0.2, 0) is 15.7 Å². The van der Waals surface area contributed by atoms with Crippen molar-refractivity contribution in [2.24, 2.45) is 5.73 Å². The molecular formula is C24H25F3N2O3. The third-order valence-electron chi connectivity index (χ3n) is 4.83. The molecule has 3 aromatic carbocycles. The second kappa shape index (κ2) is 11.1. The van der Waals surface area contributed by atoms with Gasteiger partial charge >= 0.3 is 6.18 Å². The molecule has 0 aliphatic heterocycles. The first-order valence-electron chi connectivity index (χ1n) is 10.2. The highest BCUT2D eigenvalue weighted by atomic mass is 19.4. The second-order valence-corrected chi connectivity index (χ2v) is 7.09. The third kappa shape index (κ3) is 6.29. The molecule has 0 aliphatic carbocycles. The van der Waals surface area contributed by atoms with Crippen molar-refractivity contribution in [2.75, 3.05) is 39.5 Å². The van der Waals surface area contributed by atoms with E-state index < -0.39 is 11.7 Å². The van der Waals surface area contributed by atoms with E-state index in [0.29, 0.717) is 50.6 Å². The summed E-state index contributed by atoms with van der Waals surface area (Å²) < 4.78 is 49.1. The predicted octanol–water partition coefficient (Wildman–Crippen LogP) is 4.25. The van der Waals surface area contributed by atoms with Crippen LogP contribution in [0.2, 0.25) is 0 Å². The summed E-state index contributed by atoms with van der Waals surface area (Å²) in [6, 6.07) is 15.9. The van der Waals surface area contributed by atoms with Gasteiger partial charge in [-0.3, -0.25) is 4.79 Å². The van der Waals surface area contributed by atoms with E-state index in [1.165, 1.54) is 12.1 Å². The number of hydrogen-bond donors (Lipinski definition) is 2. The van der Waals surface area contributed by atoms with Crippen LogP contribution in [0.1, 0.15) is 15.9 Å². The highest BCUT2D eigenvalue weighted by Gasteiger charge is 2.30. The molecule has 8 heteroatoms. The number of halogens is 3. The summed E-state index contributed by atoms with van der Waals surface area (Å²) in [5.74, 6) is -0.227. The van der Waals surface area contributed by atoms with Gasteiger partial charge < -0.3 is 20.5 Å². The number of amides is 1. The van der Waals surface area contributed by atoms with Crippen molar-refractivity contribution in [1.29, 1.82) is 0 Å². The van der Waals surface area contributed by atoms with Crippen molar-refractivity contribution in [3.63, 3.8) is 0 Å². The van der Waals surface area contributed by atoms with E-state index in [1.54, 1.807) is 12.1 Å². The summed E-state index contributed by atoms with van der Waals surface area (Å²) in [7, 11) is 0. The van der Waals surface area contributed by atoms with E-state index in [9.17, 15) is 18.0 Å². The van der Waals surface area contributed by atoms with Crippen LogP contribution in [0.4, 0.5) is 13.2 Å². The lowest BCUT2D eigenvalue weighted by atomic mass is 9.96. The Balaban J connectivity index is 1.64. The van der Waals surface area contributed by atoms with Gasteiger partial charge in [-0.1, -0.05) is 36.4 Å². The average Bonchev–Trinajstić information content (AvgIpc) is 2.79. The molecule has 0 saturated carbocycles. The monoisotopic (exact) mass is 446 g/mol. The van der Waals surface area contributed by atoms with E-state index in [-0.39, 0.29) is 5.91 Å². The van der Waals surface area contributed by atoms with Crippen molar-refractivity contribution in [3.8, 4) is 11.1 Å². The predicted molar refractivity (Wildman–Crippen MR) is 117 cm³/mol. The maximum Gasteiger partial charge on any atom is 0.416 e. The van der Waals surface area contributed by atoms with Crippen molar-refractivity contribution >= 4 is 16.7 Å². The van der Waals surface area contributed by atoms with Crippen molar-refractivity contribution in [3.05, 3.63) is 71.8 Å². The maximum absolute atomic E-state index is 12.8. The van der Waals surface area contributed by atoms with Crippen molar-refractivity contribution in [1.82, 2.24) is 5.32 Å². The zero-order chi connectivity index (χ0) is 23.0. The smallest absolute Gasteiger partial charge is 0.378 e. The lowest BCUT2D eigenvalue weighted by Crippen LogP contribution is -2.27. The van der Waals surface area contributed by atoms with Crippen LogP contribution in [0.5, 0.6) is 0 Å². The topological polar surface area (TPSA) is 73.6 Å². The number of rotatable bonds is 10. The highest BCUT2D eigenvalue weighted by molar-refractivity contribution is 6.02. The van der Waals surface area contributed by atoms with Gasteiger partial charge in [0.15, 0.2) is 0 Å². The number of nitrogens with two attached hydrogens (primary N) is 1. The van der Waals surface area contributed by atoms with Crippen molar-refractivity contribution in [2.45, 2.75) is 6.18 Å². The van der Waals surface area contributed by atoms with E-state index in [0.717, 1.165) is 28.5 Å². The van der Waals surface area contributed by atoms with E-state index in [2.05, 4.69) is 5.32 Å². The number of alkyl halides is 3. The molecule has 3 rings (SSSR count). The minimum Gasteiger partial charge on any atom is -0.378 e. The number of fused-ring (bicyclic) bond motifs is 1. The van der Waals surface area contributed by atoms with Crippen LogP contribution in [0, 0.1) is 0 Å². The number of nitrogens with one attached hydrogen (secondary N) is 1. The Labute approximate surface area is 184 Å². The zero-order valence-corrected chi connectivity index (χ0v) is 17.5. The Bertz CT molecular complexity index is 1040. The number of carbonyl (C=O) groups is 1. The van der Waals surface area contributed by atoms with Gasteiger partial charge in [-0.2, -0.15) is 13.2 Å². The minimum absolute atomic E-state index is 0.227. The fourth-order valence-corrected chi connectivity index (χ4v) is 3.26. The summed E-state index contributed by atoms with van der Waals surface area (Å²) >= 11 is 0. The number of hydrogen-bond acceptors (Lipinski definition) is 4. The number of ether oxygens (including phenoxy) is 2. The molecule has 1 amide bonds. The average molecular weight is 446 g/mol. The SMILES string of the molecule is NCCOCCOCCNC(=O)c1ccc2c(-c3ccc(C(F)(F)F)cc3)cccc2c1. The first kappa shape index (κ1) is 23.7. The Morgan fingerprint density at radius 3 is 2.31 bits per heavy atom. The van der Waals surface area contributed by atoms with Crippen LogP contribution in [-0.4, -0.2) is 45.4 Å². The molecule has 3 aromatic rings. The molecule has 0 radical (unpaired) electrons. The molecule has 0 bridgehead atoms. The molecule has 0 fully saturated rings. The van der Waals surface area contributed by atoms with Crippen LogP contribution in [0.3, 0.4) is 0 Å². The number of benzene rings is 3. The lowest BCUT2D eigenvalue weighted by Gasteiger charge is -2.11. The first-order valence-corrected chi connectivity index (χ1v) is 10.2. The molecule has 0 spiro atoms. The maximum atomic E-state index is 12.8. The quantitative estimate of drug-likeness (QED) is 0.457. The molecule has 0 aliphatic rings. The standard InChI is InChI=1S/C24H25F3N2O3/c25-24(26,27)20-7-4-17(5-8-20)21-3-1-2-18-16-19(6-9-22(18)21)23(30)29-11-13-32-15-14-31-12-10-28/h1-9,16H,10-15,28H2,(H,29,30).